The number of fused-ring (bicyclic) bond motifs is 3. The van der Waals surface area contributed by atoms with E-state index in [1.807, 2.05) is 36.4 Å². The third-order valence-electron chi connectivity index (χ3n) is 7.36. The molecule has 226 valence electrons. The minimum absolute atomic E-state index is 0.159. The van der Waals surface area contributed by atoms with Crippen LogP contribution in [0.2, 0.25) is 0 Å². The zero-order valence-corrected chi connectivity index (χ0v) is 29.8. The van der Waals surface area contributed by atoms with Gasteiger partial charge in [-0.3, -0.25) is 0 Å². The smallest absolute Gasteiger partial charge is 0.143 e. The molecule has 0 saturated carbocycles. The lowest BCUT2D eigenvalue weighted by atomic mass is 9.67. The van der Waals surface area contributed by atoms with Crippen LogP contribution in [0.4, 0.5) is 0 Å². The number of para-hydroxylation sites is 2. The van der Waals surface area contributed by atoms with Crippen LogP contribution in [0.3, 0.4) is 0 Å². The molecule has 0 aromatic heterocycles. The van der Waals surface area contributed by atoms with Crippen molar-refractivity contribution in [1.29, 1.82) is 0 Å². The molecule has 0 fully saturated rings. The molecule has 7 rings (SSSR count). The average molecular weight is 854 g/mol. The molecule has 6 aromatic carbocycles. The fraction of sp³-hybridized carbons (Fsp3) is 0.0270. The van der Waals surface area contributed by atoms with Crippen LogP contribution in [0.25, 0.3) is 11.1 Å². The molecular formula is C37H26Br4O4. The van der Waals surface area contributed by atoms with E-state index in [0.717, 1.165) is 22.3 Å². The van der Waals surface area contributed by atoms with E-state index in [4.69, 9.17) is 10.2 Å². The maximum absolute atomic E-state index is 10.4. The first-order valence-electron chi connectivity index (χ1n) is 13.7. The summed E-state index contributed by atoms with van der Waals surface area (Å²) in [7, 11) is 0. The van der Waals surface area contributed by atoms with Gasteiger partial charge in [-0.05, 0) is 146 Å². The molecule has 0 atom stereocenters. The Morgan fingerprint density at radius 1 is 0.378 bits per heavy atom. The van der Waals surface area contributed by atoms with Crippen LogP contribution in [0.5, 0.6) is 23.0 Å². The van der Waals surface area contributed by atoms with Gasteiger partial charge in [0.2, 0.25) is 0 Å². The van der Waals surface area contributed by atoms with Gasteiger partial charge in [0.1, 0.15) is 23.0 Å². The molecule has 0 radical (unpaired) electrons. The number of hydrogen-bond donors (Lipinski definition) is 4. The second kappa shape index (κ2) is 14.3. The Balaban J connectivity index is 0.000000234. The number of benzene rings is 6. The molecule has 6 aromatic rings. The van der Waals surface area contributed by atoms with Crippen LogP contribution in [0, 0.1) is 0 Å². The summed E-state index contributed by atoms with van der Waals surface area (Å²) in [5.74, 6) is 0.961. The first kappa shape index (κ1) is 32.8. The second-order valence-corrected chi connectivity index (χ2v) is 13.5. The van der Waals surface area contributed by atoms with Crippen LogP contribution in [-0.4, -0.2) is 20.4 Å². The zero-order valence-electron chi connectivity index (χ0n) is 23.5. The van der Waals surface area contributed by atoms with E-state index in [9.17, 15) is 10.2 Å². The lowest BCUT2D eigenvalue weighted by Crippen LogP contribution is -2.28. The molecule has 8 heteroatoms. The van der Waals surface area contributed by atoms with Crippen molar-refractivity contribution >= 4 is 63.7 Å². The minimum Gasteiger partial charge on any atom is -0.508 e. The maximum atomic E-state index is 10.4. The van der Waals surface area contributed by atoms with E-state index < -0.39 is 5.41 Å². The Morgan fingerprint density at radius 3 is 0.956 bits per heavy atom. The topological polar surface area (TPSA) is 80.9 Å². The van der Waals surface area contributed by atoms with Gasteiger partial charge in [-0.15, -0.1) is 0 Å². The third kappa shape index (κ3) is 6.70. The van der Waals surface area contributed by atoms with Crippen molar-refractivity contribution in [3.63, 3.8) is 0 Å². The van der Waals surface area contributed by atoms with Gasteiger partial charge < -0.3 is 20.4 Å². The SMILES string of the molecule is Oc1c(Br)cc(C2(c3cc(Br)c(O)c(Br)c3)c3ccccc3-c3ccccc32)cc1Br.Oc1ccccc1.Oc1ccccc1. The van der Waals surface area contributed by atoms with E-state index in [1.165, 1.54) is 11.1 Å². The van der Waals surface area contributed by atoms with E-state index in [2.05, 4.69) is 112 Å². The number of halogens is 4. The second-order valence-electron chi connectivity index (χ2n) is 10.1. The lowest BCUT2D eigenvalue weighted by molar-refractivity contribution is 0.467. The molecule has 1 aliphatic carbocycles. The Hall–Kier alpha value is -3.56. The molecular weight excluding hydrogens is 828 g/mol. The highest BCUT2D eigenvalue weighted by molar-refractivity contribution is 9.11. The van der Waals surface area contributed by atoms with Gasteiger partial charge in [0.15, 0.2) is 0 Å². The Labute approximate surface area is 295 Å². The molecule has 0 amide bonds. The molecule has 1 aliphatic rings. The van der Waals surface area contributed by atoms with Crippen molar-refractivity contribution in [2.24, 2.45) is 0 Å². The number of rotatable bonds is 2. The van der Waals surface area contributed by atoms with Crippen molar-refractivity contribution in [3.8, 4) is 34.1 Å². The Morgan fingerprint density at radius 2 is 0.667 bits per heavy atom. The minimum atomic E-state index is -0.648. The van der Waals surface area contributed by atoms with Gasteiger partial charge in [-0.2, -0.15) is 0 Å². The first-order chi connectivity index (χ1) is 21.6. The molecule has 4 N–H and O–H groups in total. The van der Waals surface area contributed by atoms with Gasteiger partial charge in [0, 0.05) is 0 Å². The van der Waals surface area contributed by atoms with Crippen LogP contribution >= 0.6 is 63.7 Å². The normalized spacial score (nSPS) is 12.1. The van der Waals surface area contributed by atoms with E-state index in [0.29, 0.717) is 29.4 Å². The largest absolute Gasteiger partial charge is 0.508 e. The van der Waals surface area contributed by atoms with Gasteiger partial charge in [0.05, 0.1) is 23.3 Å². The van der Waals surface area contributed by atoms with Crippen molar-refractivity contribution in [2.45, 2.75) is 5.41 Å². The summed E-state index contributed by atoms with van der Waals surface area (Å²) in [5, 5.41) is 38.1. The average Bonchev–Trinajstić information content (AvgIpc) is 3.35. The molecule has 45 heavy (non-hydrogen) atoms. The van der Waals surface area contributed by atoms with Gasteiger partial charge in [0.25, 0.3) is 0 Å². The Kier molecular flexibility index (Phi) is 10.4. The van der Waals surface area contributed by atoms with Crippen molar-refractivity contribution in [2.75, 3.05) is 0 Å². The predicted molar refractivity (Wildman–Crippen MR) is 194 cm³/mol. The van der Waals surface area contributed by atoms with Gasteiger partial charge >= 0.3 is 0 Å². The van der Waals surface area contributed by atoms with Crippen LogP contribution in [0.1, 0.15) is 22.3 Å². The summed E-state index contributed by atoms with van der Waals surface area (Å²) < 4.78 is 2.43. The third-order valence-corrected chi connectivity index (χ3v) is 9.78. The van der Waals surface area contributed by atoms with Gasteiger partial charge in [-0.25, -0.2) is 0 Å². The summed E-state index contributed by atoms with van der Waals surface area (Å²) in [6.45, 7) is 0. The highest BCUT2D eigenvalue weighted by atomic mass is 79.9. The molecule has 0 unspecified atom stereocenters. The highest BCUT2D eigenvalue weighted by Gasteiger charge is 2.46. The van der Waals surface area contributed by atoms with Crippen molar-refractivity contribution in [1.82, 2.24) is 0 Å². The standard InChI is InChI=1S/C25H14Br4O2.2C6H6O/c26-19-9-13(10-20(27)23(19)30)25(14-11-21(28)24(31)22(29)12-14)17-7-3-1-5-15(17)16-6-2-4-8-18(16)25;2*7-6-4-2-1-3-5-6/h1-12,30-31H;2*1-5,7H. The maximum Gasteiger partial charge on any atom is 0.143 e. The molecule has 0 aliphatic heterocycles. The molecule has 4 nitrogen and oxygen atoms in total. The number of phenolic OH excluding ortho intramolecular Hbond substituents is 4. The summed E-state index contributed by atoms with van der Waals surface area (Å²) in [5.41, 5.74) is 5.95. The fourth-order valence-corrected chi connectivity index (χ4v) is 7.82. The van der Waals surface area contributed by atoms with E-state index in [-0.39, 0.29) is 11.5 Å². The summed E-state index contributed by atoms with van der Waals surface area (Å²) in [6, 6.07) is 42.1. The Bertz CT molecular complexity index is 1760. The first-order valence-corrected chi connectivity index (χ1v) is 16.9. The number of hydrogen-bond acceptors (Lipinski definition) is 4. The molecule has 0 heterocycles. The predicted octanol–water partition coefficient (Wildman–Crippen LogP) is 11.3. The quantitative estimate of drug-likeness (QED) is 0.140. The van der Waals surface area contributed by atoms with Crippen LogP contribution in [0.15, 0.2) is 151 Å². The van der Waals surface area contributed by atoms with Crippen molar-refractivity contribution < 1.29 is 20.4 Å². The summed E-state index contributed by atoms with van der Waals surface area (Å²) >= 11 is 14.1. The number of aromatic hydroxyl groups is 4. The highest BCUT2D eigenvalue weighted by Crippen LogP contribution is 2.58. The molecule has 0 saturated heterocycles. The van der Waals surface area contributed by atoms with Crippen molar-refractivity contribution in [3.05, 3.63) is 174 Å². The summed E-state index contributed by atoms with van der Waals surface area (Å²) in [4.78, 5) is 0. The zero-order chi connectivity index (χ0) is 32.1. The molecule has 0 spiro atoms. The monoisotopic (exact) mass is 850 g/mol. The summed E-state index contributed by atoms with van der Waals surface area (Å²) in [6.07, 6.45) is 0. The van der Waals surface area contributed by atoms with E-state index in [1.54, 1.807) is 48.5 Å². The number of phenols is 4. The van der Waals surface area contributed by atoms with E-state index >= 15 is 0 Å². The fourth-order valence-electron chi connectivity index (χ4n) is 5.44. The van der Waals surface area contributed by atoms with Crippen LogP contribution < -0.4 is 0 Å². The lowest BCUT2D eigenvalue weighted by Gasteiger charge is -2.34. The van der Waals surface area contributed by atoms with Gasteiger partial charge in [-0.1, -0.05) is 84.9 Å². The molecule has 0 bridgehead atoms. The van der Waals surface area contributed by atoms with Crippen LogP contribution in [-0.2, 0) is 5.41 Å².